The Bertz CT molecular complexity index is 606. The number of carbonyl (C=O) groups excluding carboxylic acids is 2. The average Bonchev–Trinajstić information content (AvgIpc) is 2.52. The SMILES string of the molecule is C[C@@H]1CCC[C@H](C)N1C(=O)COC(=O)c1cccc([N+](=O)[O-])c1. The first-order valence-electron chi connectivity index (χ1n) is 7.63. The number of ether oxygens (including phenoxy) is 1. The van der Waals surface area contributed by atoms with Crippen molar-refractivity contribution in [2.45, 2.75) is 45.2 Å². The molecule has 1 heterocycles. The Morgan fingerprint density at radius 3 is 2.57 bits per heavy atom. The third-order valence-electron chi connectivity index (χ3n) is 4.10. The van der Waals surface area contributed by atoms with Crippen molar-refractivity contribution < 1.29 is 19.2 Å². The first-order valence-corrected chi connectivity index (χ1v) is 7.63. The van der Waals surface area contributed by atoms with Gasteiger partial charge in [-0.25, -0.2) is 4.79 Å². The van der Waals surface area contributed by atoms with Gasteiger partial charge >= 0.3 is 5.97 Å². The van der Waals surface area contributed by atoms with E-state index in [1.807, 2.05) is 13.8 Å². The van der Waals surface area contributed by atoms with Gasteiger partial charge in [-0.3, -0.25) is 14.9 Å². The number of rotatable bonds is 4. The van der Waals surface area contributed by atoms with Gasteiger partial charge in [0.15, 0.2) is 6.61 Å². The van der Waals surface area contributed by atoms with Crippen LogP contribution in [-0.2, 0) is 9.53 Å². The number of likely N-dealkylation sites (tertiary alicyclic amines) is 1. The third kappa shape index (κ3) is 4.06. The molecule has 0 N–H and O–H groups in total. The van der Waals surface area contributed by atoms with Crippen LogP contribution in [-0.4, -0.2) is 40.4 Å². The Labute approximate surface area is 134 Å². The smallest absolute Gasteiger partial charge is 0.338 e. The van der Waals surface area contributed by atoms with Gasteiger partial charge in [0.25, 0.3) is 11.6 Å². The van der Waals surface area contributed by atoms with Crippen LogP contribution in [0.25, 0.3) is 0 Å². The zero-order valence-electron chi connectivity index (χ0n) is 13.2. The Hall–Kier alpha value is -2.44. The molecule has 0 saturated carbocycles. The number of piperidine rings is 1. The third-order valence-corrected chi connectivity index (χ3v) is 4.10. The molecular formula is C16H20N2O5. The number of benzene rings is 1. The standard InChI is InChI=1S/C16H20N2O5/c1-11-5-3-6-12(2)17(11)15(19)10-23-16(20)13-7-4-8-14(9-13)18(21)22/h4,7-9,11-12H,3,5-6,10H2,1-2H3/t11-,12+. The van der Waals surface area contributed by atoms with Crippen LogP contribution in [0.3, 0.4) is 0 Å². The van der Waals surface area contributed by atoms with Crippen molar-refractivity contribution >= 4 is 17.6 Å². The molecule has 1 aliphatic rings. The molecule has 0 bridgehead atoms. The fourth-order valence-electron chi connectivity index (χ4n) is 2.94. The largest absolute Gasteiger partial charge is 0.452 e. The van der Waals surface area contributed by atoms with Crippen LogP contribution >= 0.6 is 0 Å². The maximum absolute atomic E-state index is 12.3. The molecule has 0 aromatic heterocycles. The summed E-state index contributed by atoms with van der Waals surface area (Å²) in [6.45, 7) is 3.61. The van der Waals surface area contributed by atoms with Crippen molar-refractivity contribution in [2.75, 3.05) is 6.61 Å². The van der Waals surface area contributed by atoms with E-state index in [-0.39, 0.29) is 35.8 Å². The quantitative estimate of drug-likeness (QED) is 0.483. The van der Waals surface area contributed by atoms with Crippen molar-refractivity contribution in [3.63, 3.8) is 0 Å². The van der Waals surface area contributed by atoms with Gasteiger partial charge in [-0.05, 0) is 39.2 Å². The lowest BCUT2D eigenvalue weighted by Crippen LogP contribution is -2.49. The predicted octanol–water partition coefficient (Wildman–Crippen LogP) is 2.54. The van der Waals surface area contributed by atoms with Gasteiger partial charge in [-0.15, -0.1) is 0 Å². The Morgan fingerprint density at radius 2 is 1.96 bits per heavy atom. The second-order valence-electron chi connectivity index (χ2n) is 5.81. The highest BCUT2D eigenvalue weighted by Gasteiger charge is 2.29. The van der Waals surface area contributed by atoms with Crippen LogP contribution in [0.5, 0.6) is 0 Å². The van der Waals surface area contributed by atoms with E-state index in [2.05, 4.69) is 0 Å². The Kier molecular flexibility index (Phi) is 5.31. The first kappa shape index (κ1) is 16.9. The Morgan fingerprint density at radius 1 is 1.30 bits per heavy atom. The van der Waals surface area contributed by atoms with Crippen LogP contribution in [0.15, 0.2) is 24.3 Å². The molecule has 1 saturated heterocycles. The number of hydrogen-bond acceptors (Lipinski definition) is 5. The molecule has 0 aliphatic carbocycles. The maximum Gasteiger partial charge on any atom is 0.338 e. The highest BCUT2D eigenvalue weighted by Crippen LogP contribution is 2.22. The summed E-state index contributed by atoms with van der Waals surface area (Å²) < 4.78 is 5.02. The second kappa shape index (κ2) is 7.21. The van der Waals surface area contributed by atoms with E-state index in [9.17, 15) is 19.7 Å². The van der Waals surface area contributed by atoms with Crippen molar-refractivity contribution in [1.29, 1.82) is 0 Å². The van der Waals surface area contributed by atoms with Crippen LogP contribution in [0.1, 0.15) is 43.5 Å². The number of nitro groups is 1. The monoisotopic (exact) mass is 320 g/mol. The van der Waals surface area contributed by atoms with E-state index in [0.29, 0.717) is 0 Å². The summed E-state index contributed by atoms with van der Waals surface area (Å²) in [5.74, 6) is -0.970. The van der Waals surface area contributed by atoms with E-state index in [1.165, 1.54) is 18.2 Å². The van der Waals surface area contributed by atoms with Crippen molar-refractivity contribution in [1.82, 2.24) is 4.90 Å². The molecule has 0 radical (unpaired) electrons. The van der Waals surface area contributed by atoms with E-state index in [4.69, 9.17) is 4.74 Å². The van der Waals surface area contributed by atoms with Gasteiger partial charge < -0.3 is 9.64 Å². The number of esters is 1. The fraction of sp³-hybridized carbons (Fsp3) is 0.500. The Balaban J connectivity index is 1.97. The average molecular weight is 320 g/mol. The molecule has 0 unspecified atom stereocenters. The van der Waals surface area contributed by atoms with Gasteiger partial charge in [0, 0.05) is 24.2 Å². The highest BCUT2D eigenvalue weighted by atomic mass is 16.6. The number of nitrogens with zero attached hydrogens (tertiary/aromatic N) is 2. The molecule has 1 aromatic carbocycles. The molecule has 2 atom stereocenters. The summed E-state index contributed by atoms with van der Waals surface area (Å²) in [5, 5.41) is 10.7. The lowest BCUT2D eigenvalue weighted by molar-refractivity contribution is -0.384. The number of non-ortho nitro benzene ring substituents is 1. The molecule has 1 aromatic rings. The van der Waals surface area contributed by atoms with Crippen LogP contribution in [0.2, 0.25) is 0 Å². The zero-order valence-corrected chi connectivity index (χ0v) is 13.2. The van der Waals surface area contributed by atoms with Gasteiger partial charge in [0.2, 0.25) is 0 Å². The van der Waals surface area contributed by atoms with Crippen LogP contribution in [0.4, 0.5) is 5.69 Å². The predicted molar refractivity (Wildman–Crippen MR) is 83.0 cm³/mol. The van der Waals surface area contributed by atoms with E-state index >= 15 is 0 Å². The van der Waals surface area contributed by atoms with Crippen molar-refractivity contribution in [2.24, 2.45) is 0 Å². The van der Waals surface area contributed by atoms with Gasteiger partial charge in [0.05, 0.1) is 10.5 Å². The lowest BCUT2D eigenvalue weighted by atomic mass is 9.97. The van der Waals surface area contributed by atoms with E-state index in [0.717, 1.165) is 25.3 Å². The van der Waals surface area contributed by atoms with Crippen molar-refractivity contribution in [3.8, 4) is 0 Å². The molecular weight excluding hydrogens is 300 g/mol. The minimum atomic E-state index is -0.737. The molecule has 2 rings (SSSR count). The normalized spacial score (nSPS) is 20.9. The first-order chi connectivity index (χ1) is 10.9. The molecule has 1 amide bonds. The van der Waals surface area contributed by atoms with E-state index in [1.54, 1.807) is 4.90 Å². The molecule has 7 heteroatoms. The summed E-state index contributed by atoms with van der Waals surface area (Å²) in [4.78, 5) is 36.1. The van der Waals surface area contributed by atoms with Gasteiger partial charge in [-0.2, -0.15) is 0 Å². The summed E-state index contributed by atoms with van der Waals surface area (Å²) in [7, 11) is 0. The summed E-state index contributed by atoms with van der Waals surface area (Å²) >= 11 is 0. The molecule has 23 heavy (non-hydrogen) atoms. The molecule has 1 fully saturated rings. The fourth-order valence-corrected chi connectivity index (χ4v) is 2.94. The summed E-state index contributed by atoms with van der Waals surface area (Å²) in [6, 6.07) is 5.51. The van der Waals surface area contributed by atoms with Crippen LogP contribution < -0.4 is 0 Å². The number of carbonyl (C=O) groups is 2. The molecule has 0 spiro atoms. The summed E-state index contributed by atoms with van der Waals surface area (Å²) in [5.41, 5.74) is -0.129. The van der Waals surface area contributed by atoms with E-state index < -0.39 is 10.9 Å². The van der Waals surface area contributed by atoms with Gasteiger partial charge in [-0.1, -0.05) is 6.07 Å². The van der Waals surface area contributed by atoms with Gasteiger partial charge in [0.1, 0.15) is 0 Å². The lowest BCUT2D eigenvalue weighted by Gasteiger charge is -2.38. The number of hydrogen-bond donors (Lipinski definition) is 0. The topological polar surface area (TPSA) is 89.8 Å². The maximum atomic E-state index is 12.3. The highest BCUT2D eigenvalue weighted by molar-refractivity contribution is 5.92. The minimum absolute atomic E-state index is 0.0618. The zero-order chi connectivity index (χ0) is 17.0. The van der Waals surface area contributed by atoms with Crippen LogP contribution in [0, 0.1) is 10.1 Å². The second-order valence-corrected chi connectivity index (χ2v) is 5.81. The van der Waals surface area contributed by atoms with Crippen molar-refractivity contribution in [3.05, 3.63) is 39.9 Å². The molecule has 7 nitrogen and oxygen atoms in total. The number of nitro benzene ring substituents is 1. The summed E-state index contributed by atoms with van der Waals surface area (Å²) in [6.07, 6.45) is 2.96. The molecule has 1 aliphatic heterocycles. The minimum Gasteiger partial charge on any atom is -0.452 e. The number of amides is 1. The molecule has 124 valence electrons.